The SMILES string of the molecule is CCOC(=O)Cc1cccc2c1CC(n1ccnc1C(=O)O)C2=O. The molecule has 0 saturated heterocycles. The number of nitrogens with zero attached hydrogens (tertiary/aromatic N) is 2. The predicted octanol–water partition coefficient (Wildman–Crippen LogP) is 1.67. The molecule has 0 fully saturated rings. The first-order chi connectivity index (χ1) is 11.5. The molecule has 1 aromatic heterocycles. The number of benzene rings is 1. The number of Topliss-reactive ketones (excluding diaryl/α,β-unsaturated/α-hetero) is 1. The zero-order valence-electron chi connectivity index (χ0n) is 13.1. The van der Waals surface area contributed by atoms with Gasteiger partial charge in [-0.3, -0.25) is 9.59 Å². The van der Waals surface area contributed by atoms with Crippen molar-refractivity contribution in [2.24, 2.45) is 0 Å². The van der Waals surface area contributed by atoms with Crippen LogP contribution in [0.15, 0.2) is 30.6 Å². The number of hydrogen-bond donors (Lipinski definition) is 1. The quantitative estimate of drug-likeness (QED) is 0.838. The van der Waals surface area contributed by atoms with Crippen molar-refractivity contribution in [2.75, 3.05) is 6.61 Å². The summed E-state index contributed by atoms with van der Waals surface area (Å²) in [6.07, 6.45) is 3.27. The van der Waals surface area contributed by atoms with Gasteiger partial charge in [0.2, 0.25) is 5.82 Å². The number of aromatic nitrogens is 2. The molecule has 0 aliphatic heterocycles. The van der Waals surface area contributed by atoms with Crippen molar-refractivity contribution in [1.29, 1.82) is 0 Å². The topological polar surface area (TPSA) is 98.5 Å². The molecule has 1 aliphatic carbocycles. The van der Waals surface area contributed by atoms with Gasteiger partial charge in [-0.2, -0.15) is 0 Å². The van der Waals surface area contributed by atoms with E-state index in [0.29, 0.717) is 18.6 Å². The fraction of sp³-hybridized carbons (Fsp3) is 0.294. The first kappa shape index (κ1) is 15.9. The van der Waals surface area contributed by atoms with Crippen LogP contribution in [0.25, 0.3) is 0 Å². The molecule has 1 unspecified atom stereocenters. The molecule has 1 aromatic carbocycles. The number of hydrogen-bond acceptors (Lipinski definition) is 5. The summed E-state index contributed by atoms with van der Waals surface area (Å²) in [5, 5.41) is 9.19. The summed E-state index contributed by atoms with van der Waals surface area (Å²) in [7, 11) is 0. The summed E-state index contributed by atoms with van der Waals surface area (Å²) in [5.41, 5.74) is 2.02. The van der Waals surface area contributed by atoms with Gasteiger partial charge >= 0.3 is 11.9 Å². The molecule has 0 bridgehead atoms. The van der Waals surface area contributed by atoms with Crippen LogP contribution in [0, 0.1) is 0 Å². The molecule has 0 radical (unpaired) electrons. The maximum atomic E-state index is 12.7. The van der Waals surface area contributed by atoms with Gasteiger partial charge in [0.15, 0.2) is 5.78 Å². The van der Waals surface area contributed by atoms with Crippen molar-refractivity contribution >= 4 is 17.7 Å². The summed E-state index contributed by atoms with van der Waals surface area (Å²) in [6, 6.07) is 4.55. The Morgan fingerprint density at radius 3 is 2.92 bits per heavy atom. The molecule has 1 heterocycles. The normalized spacial score (nSPS) is 16.0. The second kappa shape index (κ2) is 6.27. The van der Waals surface area contributed by atoms with E-state index < -0.39 is 12.0 Å². The van der Waals surface area contributed by atoms with Crippen LogP contribution in [-0.4, -0.2) is 39.0 Å². The van der Waals surface area contributed by atoms with Crippen molar-refractivity contribution in [3.63, 3.8) is 0 Å². The van der Waals surface area contributed by atoms with Gasteiger partial charge in [-0.05, 0) is 18.1 Å². The summed E-state index contributed by atoms with van der Waals surface area (Å²) >= 11 is 0. The first-order valence-electron chi connectivity index (χ1n) is 7.59. The van der Waals surface area contributed by atoms with E-state index in [4.69, 9.17) is 4.74 Å². The minimum atomic E-state index is -1.18. The second-order valence-corrected chi connectivity index (χ2v) is 5.47. The lowest BCUT2D eigenvalue weighted by atomic mass is 10.0. The number of esters is 1. The smallest absolute Gasteiger partial charge is 0.372 e. The number of ether oxygens (including phenoxy) is 1. The highest BCUT2D eigenvalue weighted by atomic mass is 16.5. The number of imidazole rings is 1. The highest BCUT2D eigenvalue weighted by Gasteiger charge is 2.35. The number of carboxylic acids is 1. The standard InChI is InChI=1S/C17H16N2O5/c1-2-24-14(20)8-10-4-3-5-11-12(10)9-13(15(11)21)19-7-6-18-16(19)17(22)23/h3-7,13H,2,8-9H2,1H3,(H,22,23). The van der Waals surface area contributed by atoms with Crippen LogP contribution >= 0.6 is 0 Å². The van der Waals surface area contributed by atoms with Crippen molar-refractivity contribution in [1.82, 2.24) is 9.55 Å². The molecule has 1 N–H and O–H groups in total. The first-order valence-corrected chi connectivity index (χ1v) is 7.59. The van der Waals surface area contributed by atoms with E-state index >= 15 is 0 Å². The fourth-order valence-electron chi connectivity index (χ4n) is 3.06. The van der Waals surface area contributed by atoms with E-state index in [1.165, 1.54) is 17.0 Å². The van der Waals surface area contributed by atoms with Gasteiger partial charge in [0.25, 0.3) is 0 Å². The summed E-state index contributed by atoms with van der Waals surface area (Å²) in [6.45, 7) is 2.03. The Hall–Kier alpha value is -2.96. The molecule has 0 spiro atoms. The lowest BCUT2D eigenvalue weighted by Gasteiger charge is -2.11. The van der Waals surface area contributed by atoms with Gasteiger partial charge in [0.1, 0.15) is 6.04 Å². The van der Waals surface area contributed by atoms with Crippen molar-refractivity contribution in [3.05, 3.63) is 53.1 Å². The number of aromatic carboxylic acids is 1. The lowest BCUT2D eigenvalue weighted by Crippen LogP contribution is -2.20. The van der Waals surface area contributed by atoms with E-state index in [9.17, 15) is 19.5 Å². The summed E-state index contributed by atoms with van der Waals surface area (Å²) < 4.78 is 6.34. The minimum absolute atomic E-state index is 0.0900. The molecule has 7 heteroatoms. The van der Waals surface area contributed by atoms with E-state index in [0.717, 1.165) is 11.1 Å². The third-order valence-corrected chi connectivity index (χ3v) is 4.07. The molecular formula is C17H16N2O5. The maximum Gasteiger partial charge on any atom is 0.372 e. The second-order valence-electron chi connectivity index (χ2n) is 5.47. The lowest BCUT2D eigenvalue weighted by molar-refractivity contribution is -0.142. The Morgan fingerprint density at radius 1 is 1.42 bits per heavy atom. The Balaban J connectivity index is 1.94. The average molecular weight is 328 g/mol. The molecule has 1 aliphatic rings. The number of ketones is 1. The Bertz CT molecular complexity index is 824. The summed E-state index contributed by atoms with van der Waals surface area (Å²) in [4.78, 5) is 39.5. The highest BCUT2D eigenvalue weighted by molar-refractivity contribution is 6.04. The molecule has 124 valence electrons. The van der Waals surface area contributed by atoms with Gasteiger partial charge in [-0.1, -0.05) is 18.2 Å². The molecule has 3 rings (SSSR count). The molecular weight excluding hydrogens is 312 g/mol. The Morgan fingerprint density at radius 2 is 2.21 bits per heavy atom. The van der Waals surface area contributed by atoms with Crippen LogP contribution in [0.5, 0.6) is 0 Å². The molecule has 7 nitrogen and oxygen atoms in total. The Kier molecular flexibility index (Phi) is 4.16. The van der Waals surface area contributed by atoms with Crippen LogP contribution in [-0.2, 0) is 22.4 Å². The predicted molar refractivity (Wildman–Crippen MR) is 83.0 cm³/mol. The Labute approximate surface area is 137 Å². The molecule has 2 aromatic rings. The van der Waals surface area contributed by atoms with Crippen molar-refractivity contribution in [3.8, 4) is 0 Å². The van der Waals surface area contributed by atoms with E-state index in [2.05, 4.69) is 4.98 Å². The largest absolute Gasteiger partial charge is 0.475 e. The molecule has 1 atom stereocenters. The van der Waals surface area contributed by atoms with Gasteiger partial charge < -0.3 is 14.4 Å². The number of fused-ring (bicyclic) bond motifs is 1. The van der Waals surface area contributed by atoms with Crippen LogP contribution in [0.1, 0.15) is 45.1 Å². The zero-order valence-corrected chi connectivity index (χ0v) is 13.1. The zero-order chi connectivity index (χ0) is 17.3. The number of rotatable bonds is 5. The van der Waals surface area contributed by atoms with E-state index in [1.54, 1.807) is 25.1 Å². The van der Waals surface area contributed by atoms with E-state index in [-0.39, 0.29) is 24.0 Å². The maximum absolute atomic E-state index is 12.7. The van der Waals surface area contributed by atoms with Gasteiger partial charge in [0, 0.05) is 24.4 Å². The van der Waals surface area contributed by atoms with Gasteiger partial charge in [-0.15, -0.1) is 0 Å². The third kappa shape index (κ3) is 2.68. The number of carbonyl (C=O) groups excluding carboxylic acids is 2. The molecule has 0 saturated carbocycles. The van der Waals surface area contributed by atoms with Crippen LogP contribution in [0.2, 0.25) is 0 Å². The molecule has 24 heavy (non-hydrogen) atoms. The van der Waals surface area contributed by atoms with Crippen LogP contribution in [0.4, 0.5) is 0 Å². The third-order valence-electron chi connectivity index (χ3n) is 4.07. The fourth-order valence-corrected chi connectivity index (χ4v) is 3.06. The van der Waals surface area contributed by atoms with Gasteiger partial charge in [-0.25, -0.2) is 9.78 Å². The van der Waals surface area contributed by atoms with E-state index in [1.807, 2.05) is 0 Å². The average Bonchev–Trinajstić information content (AvgIpc) is 3.13. The van der Waals surface area contributed by atoms with Crippen molar-refractivity contribution in [2.45, 2.75) is 25.8 Å². The van der Waals surface area contributed by atoms with Crippen molar-refractivity contribution < 1.29 is 24.2 Å². The number of carboxylic acid groups (broad SMARTS) is 1. The van der Waals surface area contributed by atoms with Crippen LogP contribution < -0.4 is 0 Å². The highest BCUT2D eigenvalue weighted by Crippen LogP contribution is 2.33. The van der Waals surface area contributed by atoms with Gasteiger partial charge in [0.05, 0.1) is 13.0 Å². The minimum Gasteiger partial charge on any atom is -0.475 e. The summed E-state index contributed by atoms with van der Waals surface area (Å²) in [5.74, 6) is -1.88. The number of carbonyl (C=O) groups is 3. The monoisotopic (exact) mass is 328 g/mol. The molecule has 0 amide bonds. The van der Waals surface area contributed by atoms with Crippen LogP contribution in [0.3, 0.4) is 0 Å².